The van der Waals surface area contributed by atoms with E-state index in [0.29, 0.717) is 10.6 Å². The molecule has 1 amide bonds. The summed E-state index contributed by atoms with van der Waals surface area (Å²) in [6.07, 6.45) is 1.98. The molecule has 100 valence electrons. The molecule has 0 aliphatic carbocycles. The van der Waals surface area contributed by atoms with Crippen LogP contribution in [0.15, 0.2) is 23.1 Å². The third kappa shape index (κ3) is 4.96. The summed E-state index contributed by atoms with van der Waals surface area (Å²) in [5.74, 6) is -0.235. The van der Waals surface area contributed by atoms with Gasteiger partial charge in [0.15, 0.2) is 0 Å². The average molecular weight is 270 g/mol. The molecule has 0 saturated heterocycles. The lowest BCUT2D eigenvalue weighted by Crippen LogP contribution is -2.33. The lowest BCUT2D eigenvalue weighted by Gasteiger charge is -2.12. The molecule has 18 heavy (non-hydrogen) atoms. The van der Waals surface area contributed by atoms with E-state index in [1.807, 2.05) is 6.92 Å². The molecule has 5 heteroatoms. The van der Waals surface area contributed by atoms with E-state index in [0.717, 1.165) is 12.8 Å². The number of carbonyl (C=O) groups is 1. The normalized spacial score (nSPS) is 12.2. The van der Waals surface area contributed by atoms with Crippen molar-refractivity contribution in [2.45, 2.75) is 37.6 Å². The number of rotatable bonds is 6. The Morgan fingerprint density at radius 1 is 1.56 bits per heavy atom. The van der Waals surface area contributed by atoms with Crippen LogP contribution in [0.3, 0.4) is 0 Å². The monoisotopic (exact) mass is 270 g/mol. The van der Waals surface area contributed by atoms with Crippen molar-refractivity contribution in [2.24, 2.45) is 0 Å². The Morgan fingerprint density at radius 3 is 2.89 bits per heavy atom. The van der Waals surface area contributed by atoms with Crippen molar-refractivity contribution >= 4 is 23.4 Å². The van der Waals surface area contributed by atoms with Crippen LogP contribution in [-0.4, -0.2) is 17.7 Å². The number of carbonyl (C=O) groups excluding carboxylic acids is 1. The smallest absolute Gasteiger partial charge is 0.230 e. The molecule has 0 fully saturated rings. The van der Waals surface area contributed by atoms with Crippen LogP contribution in [0.2, 0.25) is 0 Å². The fourth-order valence-corrected chi connectivity index (χ4v) is 2.33. The topological polar surface area (TPSA) is 55.1 Å². The number of anilines is 1. The summed E-state index contributed by atoms with van der Waals surface area (Å²) >= 11 is 1.18. The molecule has 1 rings (SSSR count). The summed E-state index contributed by atoms with van der Waals surface area (Å²) in [4.78, 5) is 12.0. The molecule has 1 aromatic carbocycles. The molecular weight excluding hydrogens is 251 g/mol. The Kier molecular flexibility index (Phi) is 5.98. The molecule has 1 aromatic rings. The number of thioether (sulfide) groups is 1. The number of benzene rings is 1. The van der Waals surface area contributed by atoms with Gasteiger partial charge in [0.1, 0.15) is 5.82 Å². The third-order valence-electron chi connectivity index (χ3n) is 2.44. The minimum Gasteiger partial charge on any atom is -0.399 e. The Bertz CT molecular complexity index is 412. The highest BCUT2D eigenvalue weighted by Gasteiger charge is 2.09. The van der Waals surface area contributed by atoms with Gasteiger partial charge in [0.2, 0.25) is 5.91 Å². The van der Waals surface area contributed by atoms with Crippen LogP contribution >= 0.6 is 11.8 Å². The molecule has 0 aliphatic heterocycles. The van der Waals surface area contributed by atoms with Gasteiger partial charge >= 0.3 is 0 Å². The first-order valence-corrected chi connectivity index (χ1v) is 6.98. The summed E-state index contributed by atoms with van der Waals surface area (Å²) in [6.45, 7) is 4.04. The lowest BCUT2D eigenvalue weighted by atomic mass is 10.2. The van der Waals surface area contributed by atoms with Gasteiger partial charge in [-0.3, -0.25) is 4.79 Å². The molecule has 0 radical (unpaired) electrons. The van der Waals surface area contributed by atoms with E-state index in [-0.39, 0.29) is 23.5 Å². The van der Waals surface area contributed by atoms with Gasteiger partial charge in [-0.15, -0.1) is 11.8 Å². The maximum absolute atomic E-state index is 13.5. The number of hydrogen-bond donors (Lipinski definition) is 2. The van der Waals surface area contributed by atoms with Gasteiger partial charge in [0.05, 0.1) is 5.75 Å². The number of amides is 1. The van der Waals surface area contributed by atoms with Crippen LogP contribution < -0.4 is 11.1 Å². The van der Waals surface area contributed by atoms with E-state index in [2.05, 4.69) is 12.2 Å². The zero-order chi connectivity index (χ0) is 13.5. The van der Waals surface area contributed by atoms with Crippen molar-refractivity contribution in [3.05, 3.63) is 24.0 Å². The van der Waals surface area contributed by atoms with Crippen molar-refractivity contribution in [2.75, 3.05) is 11.5 Å². The molecule has 0 aliphatic rings. The van der Waals surface area contributed by atoms with Gasteiger partial charge in [0, 0.05) is 16.6 Å². The first-order valence-electron chi connectivity index (χ1n) is 6.00. The van der Waals surface area contributed by atoms with Gasteiger partial charge in [-0.1, -0.05) is 13.3 Å². The number of nitrogens with one attached hydrogen (secondary N) is 1. The van der Waals surface area contributed by atoms with Gasteiger partial charge in [-0.25, -0.2) is 4.39 Å². The predicted molar refractivity (Wildman–Crippen MR) is 74.0 cm³/mol. The summed E-state index contributed by atoms with van der Waals surface area (Å²) in [6, 6.07) is 4.65. The molecule has 1 unspecified atom stereocenters. The molecule has 1 atom stereocenters. The van der Waals surface area contributed by atoms with Crippen molar-refractivity contribution in [1.29, 1.82) is 0 Å². The van der Waals surface area contributed by atoms with Gasteiger partial charge in [-0.05, 0) is 31.5 Å². The first-order chi connectivity index (χ1) is 8.52. The highest BCUT2D eigenvalue weighted by Crippen LogP contribution is 2.23. The van der Waals surface area contributed by atoms with Gasteiger partial charge in [0.25, 0.3) is 0 Å². The highest BCUT2D eigenvalue weighted by atomic mass is 32.2. The van der Waals surface area contributed by atoms with Crippen LogP contribution in [0.4, 0.5) is 10.1 Å². The minimum absolute atomic E-state index is 0.0721. The zero-order valence-corrected chi connectivity index (χ0v) is 11.5. The highest BCUT2D eigenvalue weighted by molar-refractivity contribution is 8.00. The number of nitrogens with two attached hydrogens (primary N) is 1. The summed E-state index contributed by atoms with van der Waals surface area (Å²) in [5, 5.41) is 2.87. The number of nitrogen functional groups attached to an aromatic ring is 1. The van der Waals surface area contributed by atoms with Gasteiger partial charge < -0.3 is 11.1 Å². The molecule has 0 bridgehead atoms. The third-order valence-corrected chi connectivity index (χ3v) is 3.49. The minimum atomic E-state index is -0.380. The van der Waals surface area contributed by atoms with Crippen LogP contribution in [0.25, 0.3) is 0 Å². The van der Waals surface area contributed by atoms with Crippen LogP contribution in [-0.2, 0) is 4.79 Å². The number of halogens is 1. The molecule has 0 aromatic heterocycles. The van der Waals surface area contributed by atoms with E-state index in [1.165, 1.54) is 17.8 Å². The molecule has 3 nitrogen and oxygen atoms in total. The fourth-order valence-electron chi connectivity index (χ4n) is 1.60. The van der Waals surface area contributed by atoms with Crippen molar-refractivity contribution < 1.29 is 9.18 Å². The van der Waals surface area contributed by atoms with Crippen LogP contribution in [0, 0.1) is 5.82 Å². The molecule has 0 heterocycles. The predicted octanol–water partition coefficient (Wildman–Crippen LogP) is 2.80. The molecular formula is C13H19FN2OS. The maximum atomic E-state index is 13.5. The second-order valence-corrected chi connectivity index (χ2v) is 5.25. The molecule has 0 spiro atoms. The summed E-state index contributed by atoms with van der Waals surface area (Å²) in [7, 11) is 0. The second kappa shape index (κ2) is 7.26. The van der Waals surface area contributed by atoms with Crippen LogP contribution in [0.1, 0.15) is 26.7 Å². The fraction of sp³-hybridized carbons (Fsp3) is 0.462. The summed E-state index contributed by atoms with van der Waals surface area (Å²) in [5.41, 5.74) is 5.84. The van der Waals surface area contributed by atoms with E-state index in [4.69, 9.17) is 5.73 Å². The SMILES string of the molecule is CCCC(C)NC(=O)CSc1ccc(N)cc1F. The van der Waals surface area contributed by atoms with Crippen molar-refractivity contribution in [3.8, 4) is 0 Å². The largest absolute Gasteiger partial charge is 0.399 e. The Morgan fingerprint density at radius 2 is 2.28 bits per heavy atom. The lowest BCUT2D eigenvalue weighted by molar-refractivity contribution is -0.119. The summed E-state index contributed by atoms with van der Waals surface area (Å²) < 4.78 is 13.5. The zero-order valence-electron chi connectivity index (χ0n) is 10.7. The maximum Gasteiger partial charge on any atom is 0.230 e. The average Bonchev–Trinajstić information content (AvgIpc) is 2.28. The van der Waals surface area contributed by atoms with E-state index >= 15 is 0 Å². The van der Waals surface area contributed by atoms with Crippen LogP contribution in [0.5, 0.6) is 0 Å². The van der Waals surface area contributed by atoms with E-state index < -0.39 is 0 Å². The number of hydrogen-bond acceptors (Lipinski definition) is 3. The molecule has 0 saturated carbocycles. The molecule has 3 N–H and O–H groups in total. The van der Waals surface area contributed by atoms with E-state index in [1.54, 1.807) is 12.1 Å². The first kappa shape index (κ1) is 14.8. The second-order valence-electron chi connectivity index (χ2n) is 4.24. The Hall–Kier alpha value is -1.23. The standard InChI is InChI=1S/C13H19FN2OS/c1-3-4-9(2)16-13(17)8-18-12-6-5-10(15)7-11(12)14/h5-7,9H,3-4,8,15H2,1-2H3,(H,16,17). The quantitative estimate of drug-likeness (QED) is 0.617. The van der Waals surface area contributed by atoms with Crippen molar-refractivity contribution in [1.82, 2.24) is 5.32 Å². The van der Waals surface area contributed by atoms with Crippen molar-refractivity contribution in [3.63, 3.8) is 0 Å². The Balaban J connectivity index is 2.42. The van der Waals surface area contributed by atoms with Gasteiger partial charge in [-0.2, -0.15) is 0 Å². The van der Waals surface area contributed by atoms with E-state index in [9.17, 15) is 9.18 Å². The Labute approximate surface area is 111 Å².